The molecule has 4 unspecified atom stereocenters. The summed E-state index contributed by atoms with van der Waals surface area (Å²) in [4.78, 5) is 65.5. The number of carbonyl (C=O) groups excluding carboxylic acids is 4. The Morgan fingerprint density at radius 1 is 0.825 bits per heavy atom. The molecule has 0 saturated heterocycles. The van der Waals surface area contributed by atoms with E-state index in [4.69, 9.17) is 11.5 Å². The molecule has 1 aromatic heterocycles. The quantitative estimate of drug-likeness (QED) is 0.147. The predicted molar refractivity (Wildman–Crippen MR) is 148 cm³/mol. The molecule has 4 atom stereocenters. The monoisotopic (exact) mass is 550 g/mol. The van der Waals surface area contributed by atoms with E-state index in [0.717, 1.165) is 10.9 Å². The number of hydrogen-bond donors (Lipinski definition) is 7. The minimum Gasteiger partial charge on any atom is -0.480 e. The lowest BCUT2D eigenvalue weighted by Crippen LogP contribution is -2.57. The van der Waals surface area contributed by atoms with Crippen LogP contribution in [0.3, 0.4) is 0 Å². The van der Waals surface area contributed by atoms with Crippen LogP contribution in [-0.2, 0) is 36.8 Å². The zero-order valence-corrected chi connectivity index (χ0v) is 22.1. The Labute approximate surface area is 230 Å². The van der Waals surface area contributed by atoms with Gasteiger partial charge in [0.05, 0.1) is 6.04 Å². The fourth-order valence-corrected chi connectivity index (χ4v) is 4.18. The number of nitrogens with two attached hydrogens (primary N) is 2. The van der Waals surface area contributed by atoms with Crippen molar-refractivity contribution in [3.63, 3.8) is 0 Å². The average molecular weight is 551 g/mol. The van der Waals surface area contributed by atoms with Crippen molar-refractivity contribution < 1.29 is 29.1 Å². The maximum absolute atomic E-state index is 13.5. The molecule has 12 nitrogen and oxygen atoms in total. The van der Waals surface area contributed by atoms with Crippen LogP contribution >= 0.6 is 0 Å². The minimum atomic E-state index is -1.26. The number of nitrogens with one attached hydrogen (secondary N) is 4. The molecule has 0 spiro atoms. The second-order valence-corrected chi connectivity index (χ2v) is 9.57. The number of H-pyrrole nitrogens is 1. The summed E-state index contributed by atoms with van der Waals surface area (Å²) in [6.45, 7) is 1.43. The molecule has 40 heavy (non-hydrogen) atoms. The number of benzene rings is 2. The largest absolute Gasteiger partial charge is 0.480 e. The number of fused-ring (bicyclic) bond motifs is 1. The summed E-state index contributed by atoms with van der Waals surface area (Å²) >= 11 is 0. The van der Waals surface area contributed by atoms with Crippen LogP contribution in [0.2, 0.25) is 0 Å². The number of aliphatic carboxylic acids is 1. The predicted octanol–water partition coefficient (Wildman–Crippen LogP) is 0.105. The molecule has 0 aliphatic heterocycles. The third kappa shape index (κ3) is 8.40. The first kappa shape index (κ1) is 29.8. The number of amides is 4. The molecule has 0 aliphatic rings. The number of hydrogen-bond acceptors (Lipinski definition) is 6. The Balaban J connectivity index is 1.87. The van der Waals surface area contributed by atoms with Gasteiger partial charge < -0.3 is 37.5 Å². The molecule has 0 aliphatic carbocycles. The fraction of sp³-hybridized carbons (Fsp3) is 0.321. The van der Waals surface area contributed by atoms with Crippen molar-refractivity contribution >= 4 is 40.5 Å². The van der Waals surface area contributed by atoms with Crippen LogP contribution in [0.15, 0.2) is 60.8 Å². The standard InChI is InChI=1S/C28H34N6O6/c1-16(29)25(36)32-21(11-12-24(30)35)26(37)33-22(14-18-15-31-20-10-6-5-9-19(18)20)27(38)34-23(28(39)40)13-17-7-3-2-4-8-17/h2-10,15-16,21-23,31H,11-14,29H2,1H3,(H2,30,35)(H,32,36)(H,33,37)(H,34,38)(H,39,40). The van der Waals surface area contributed by atoms with E-state index in [9.17, 15) is 29.1 Å². The molecule has 12 heteroatoms. The summed E-state index contributed by atoms with van der Waals surface area (Å²) in [5.41, 5.74) is 13.1. The first-order valence-electron chi connectivity index (χ1n) is 12.8. The van der Waals surface area contributed by atoms with E-state index in [-0.39, 0.29) is 25.7 Å². The Hall–Kier alpha value is -4.71. The number of primary amides is 1. The van der Waals surface area contributed by atoms with Gasteiger partial charge in [-0.2, -0.15) is 0 Å². The molecule has 0 bridgehead atoms. The Kier molecular flexibility index (Phi) is 10.4. The smallest absolute Gasteiger partial charge is 0.326 e. The van der Waals surface area contributed by atoms with Crippen LogP contribution in [0.1, 0.15) is 30.9 Å². The molecule has 4 amide bonds. The lowest BCUT2D eigenvalue weighted by molar-refractivity contribution is -0.142. The van der Waals surface area contributed by atoms with Gasteiger partial charge in [-0.1, -0.05) is 48.5 Å². The minimum absolute atomic E-state index is 0.0169. The van der Waals surface area contributed by atoms with E-state index in [2.05, 4.69) is 20.9 Å². The van der Waals surface area contributed by atoms with Crippen molar-refractivity contribution in [1.82, 2.24) is 20.9 Å². The molecule has 1 heterocycles. The summed E-state index contributed by atoms with van der Waals surface area (Å²) in [6, 6.07) is 11.6. The van der Waals surface area contributed by atoms with E-state index in [1.54, 1.807) is 36.5 Å². The molecule has 212 valence electrons. The summed E-state index contributed by atoms with van der Waals surface area (Å²) in [5.74, 6) is -4.01. The highest BCUT2D eigenvalue weighted by atomic mass is 16.4. The van der Waals surface area contributed by atoms with Gasteiger partial charge in [-0.3, -0.25) is 19.2 Å². The van der Waals surface area contributed by atoms with E-state index in [1.807, 2.05) is 24.3 Å². The van der Waals surface area contributed by atoms with Crippen molar-refractivity contribution in [2.24, 2.45) is 11.5 Å². The van der Waals surface area contributed by atoms with Gasteiger partial charge in [0.1, 0.15) is 18.1 Å². The Morgan fingerprint density at radius 2 is 1.43 bits per heavy atom. The maximum atomic E-state index is 13.5. The van der Waals surface area contributed by atoms with Gasteiger partial charge in [-0.05, 0) is 30.5 Å². The molecular weight excluding hydrogens is 516 g/mol. The molecule has 3 aromatic rings. The van der Waals surface area contributed by atoms with E-state index in [1.165, 1.54) is 6.92 Å². The lowest BCUT2D eigenvalue weighted by atomic mass is 10.0. The molecule has 0 saturated carbocycles. The fourth-order valence-electron chi connectivity index (χ4n) is 4.18. The average Bonchev–Trinajstić information content (AvgIpc) is 3.33. The van der Waals surface area contributed by atoms with Crippen molar-refractivity contribution in [3.8, 4) is 0 Å². The van der Waals surface area contributed by atoms with E-state index < -0.39 is 53.8 Å². The lowest BCUT2D eigenvalue weighted by Gasteiger charge is -2.25. The Morgan fingerprint density at radius 3 is 2.08 bits per heavy atom. The van der Waals surface area contributed by atoms with Gasteiger partial charge in [-0.25, -0.2) is 4.79 Å². The number of carbonyl (C=O) groups is 5. The van der Waals surface area contributed by atoms with Crippen LogP contribution in [0, 0.1) is 0 Å². The van der Waals surface area contributed by atoms with Crippen molar-refractivity contribution in [2.75, 3.05) is 0 Å². The van der Waals surface area contributed by atoms with Crippen LogP contribution in [0.4, 0.5) is 0 Å². The second-order valence-electron chi connectivity index (χ2n) is 9.57. The third-order valence-electron chi connectivity index (χ3n) is 6.36. The second kappa shape index (κ2) is 13.9. The SMILES string of the molecule is CC(N)C(=O)NC(CCC(N)=O)C(=O)NC(Cc1c[nH]c2ccccc12)C(=O)NC(Cc1ccccc1)C(=O)O. The molecule has 2 aromatic carbocycles. The number of aromatic nitrogens is 1. The summed E-state index contributed by atoms with van der Waals surface area (Å²) in [6.07, 6.45) is 1.43. The third-order valence-corrected chi connectivity index (χ3v) is 6.36. The van der Waals surface area contributed by atoms with Gasteiger partial charge in [-0.15, -0.1) is 0 Å². The van der Waals surface area contributed by atoms with Crippen molar-refractivity contribution in [2.45, 2.75) is 56.8 Å². The van der Waals surface area contributed by atoms with Crippen LogP contribution < -0.4 is 27.4 Å². The zero-order valence-electron chi connectivity index (χ0n) is 22.1. The van der Waals surface area contributed by atoms with Gasteiger partial charge in [0.25, 0.3) is 0 Å². The topological polar surface area (TPSA) is 209 Å². The van der Waals surface area contributed by atoms with Crippen LogP contribution in [0.5, 0.6) is 0 Å². The molecule has 3 rings (SSSR count). The maximum Gasteiger partial charge on any atom is 0.326 e. The first-order valence-corrected chi connectivity index (χ1v) is 12.8. The number of para-hydroxylation sites is 1. The van der Waals surface area contributed by atoms with Crippen molar-refractivity contribution in [1.29, 1.82) is 0 Å². The number of carboxylic acid groups (broad SMARTS) is 1. The summed E-state index contributed by atoms with van der Waals surface area (Å²) in [7, 11) is 0. The van der Waals surface area contributed by atoms with Crippen LogP contribution in [-0.4, -0.2) is 63.9 Å². The zero-order chi connectivity index (χ0) is 29.2. The van der Waals surface area contributed by atoms with Gasteiger partial charge in [0.15, 0.2) is 0 Å². The van der Waals surface area contributed by atoms with E-state index in [0.29, 0.717) is 11.1 Å². The Bertz CT molecular complexity index is 1360. The molecule has 0 fully saturated rings. The van der Waals surface area contributed by atoms with Gasteiger partial charge >= 0.3 is 5.97 Å². The highest BCUT2D eigenvalue weighted by Gasteiger charge is 2.31. The first-order chi connectivity index (χ1) is 19.0. The molecular formula is C28H34N6O6. The highest BCUT2D eigenvalue weighted by Crippen LogP contribution is 2.19. The van der Waals surface area contributed by atoms with Gasteiger partial charge in [0.2, 0.25) is 23.6 Å². The van der Waals surface area contributed by atoms with Gasteiger partial charge in [0, 0.05) is 36.4 Å². The highest BCUT2D eigenvalue weighted by molar-refractivity contribution is 5.95. The number of rotatable bonds is 14. The molecule has 0 radical (unpaired) electrons. The van der Waals surface area contributed by atoms with Crippen LogP contribution in [0.25, 0.3) is 10.9 Å². The van der Waals surface area contributed by atoms with Crippen molar-refractivity contribution in [3.05, 3.63) is 71.9 Å². The summed E-state index contributed by atoms with van der Waals surface area (Å²) < 4.78 is 0. The normalized spacial score (nSPS) is 13.9. The van der Waals surface area contributed by atoms with E-state index >= 15 is 0 Å². The summed E-state index contributed by atoms with van der Waals surface area (Å²) in [5, 5.41) is 18.3. The molecule has 9 N–H and O–H groups in total. The number of aromatic amines is 1. The number of carboxylic acids is 1.